The van der Waals surface area contributed by atoms with Crippen LogP contribution in [0.25, 0.3) is 0 Å². The molecule has 0 amide bonds. The molecule has 0 aromatic rings. The van der Waals surface area contributed by atoms with Crippen LogP contribution in [0.5, 0.6) is 0 Å². The maximum Gasteiger partial charge on any atom is 0.306 e. The van der Waals surface area contributed by atoms with Gasteiger partial charge in [-0.15, -0.1) is 0 Å². The lowest BCUT2D eigenvalue weighted by Gasteiger charge is -2.63. The third-order valence-electron chi connectivity index (χ3n) is 11.1. The van der Waals surface area contributed by atoms with E-state index in [9.17, 15) is 9.59 Å². The monoisotopic (exact) mass is 398 g/mol. The molecule has 5 rings (SSSR count). The van der Waals surface area contributed by atoms with Crippen LogP contribution in [-0.2, 0) is 14.3 Å². The summed E-state index contributed by atoms with van der Waals surface area (Å²) >= 11 is 0. The number of cyclic esters (lactones) is 1. The zero-order valence-electron chi connectivity index (χ0n) is 19.0. The molecule has 0 spiro atoms. The van der Waals surface area contributed by atoms with Crippen LogP contribution in [0, 0.1) is 45.3 Å². The highest BCUT2D eigenvalue weighted by Crippen LogP contribution is 2.73. The number of rotatable bonds is 1. The van der Waals surface area contributed by atoms with E-state index in [2.05, 4.69) is 40.7 Å². The van der Waals surface area contributed by atoms with Crippen molar-refractivity contribution in [2.75, 3.05) is 6.61 Å². The van der Waals surface area contributed by atoms with Crippen molar-refractivity contribution in [3.05, 3.63) is 11.6 Å². The summed E-state index contributed by atoms with van der Waals surface area (Å²) in [6.45, 7) is 12.6. The van der Waals surface area contributed by atoms with E-state index in [-0.39, 0.29) is 27.6 Å². The second-order valence-electron chi connectivity index (χ2n) is 12.2. The number of allylic oxidation sites excluding steroid dienone is 2. The van der Waals surface area contributed by atoms with E-state index in [1.54, 1.807) is 5.57 Å². The number of Topliss-reactive ketones (excluding diaryl/α,β-unsaturated/α-hetero) is 1. The Morgan fingerprint density at radius 3 is 2.45 bits per heavy atom. The Bertz CT molecular complexity index is 794. The standard InChI is InChI=1S/C26H38O3/c1-23(2)20-7-6-19-18(24(20,3)11-10-21(23)27)9-13-25(4)17(8-12-26(19,25)5)16-14-22(28)29-15-16/h6,16-18,20H,7-15H2,1-5H3/t16-,17-,18+,20+,24-,25+,26-/m1/s1. The maximum atomic E-state index is 12.7. The van der Waals surface area contributed by atoms with E-state index in [1.807, 2.05) is 0 Å². The van der Waals surface area contributed by atoms with Crippen LogP contribution < -0.4 is 0 Å². The minimum absolute atomic E-state index is 0.00206. The second-order valence-corrected chi connectivity index (χ2v) is 12.2. The van der Waals surface area contributed by atoms with Crippen LogP contribution in [0.1, 0.15) is 86.0 Å². The van der Waals surface area contributed by atoms with Crippen molar-refractivity contribution < 1.29 is 14.3 Å². The number of hydrogen-bond donors (Lipinski definition) is 0. The molecule has 3 nitrogen and oxygen atoms in total. The lowest BCUT2D eigenvalue weighted by Crippen LogP contribution is -2.57. The van der Waals surface area contributed by atoms with Gasteiger partial charge in [0.2, 0.25) is 0 Å². The quantitative estimate of drug-likeness (QED) is 0.419. The molecule has 7 atom stereocenters. The van der Waals surface area contributed by atoms with Crippen molar-refractivity contribution in [1.29, 1.82) is 0 Å². The van der Waals surface area contributed by atoms with E-state index >= 15 is 0 Å². The van der Waals surface area contributed by atoms with Crippen LogP contribution in [-0.4, -0.2) is 18.4 Å². The second kappa shape index (κ2) is 5.98. The molecule has 29 heavy (non-hydrogen) atoms. The highest BCUT2D eigenvalue weighted by atomic mass is 16.5. The number of carbonyl (C=O) groups is 2. The first-order valence-corrected chi connectivity index (χ1v) is 11.9. The topological polar surface area (TPSA) is 43.4 Å². The molecule has 0 bridgehead atoms. The van der Waals surface area contributed by atoms with E-state index in [4.69, 9.17) is 4.74 Å². The number of ketones is 1. The van der Waals surface area contributed by atoms with Crippen molar-refractivity contribution in [2.24, 2.45) is 45.3 Å². The Hall–Kier alpha value is -1.12. The molecule has 0 unspecified atom stereocenters. The Kier molecular flexibility index (Phi) is 4.09. The summed E-state index contributed by atoms with van der Waals surface area (Å²) in [6.07, 6.45) is 11.0. The summed E-state index contributed by atoms with van der Waals surface area (Å²) in [6, 6.07) is 0. The Labute approximate surface area is 176 Å². The third-order valence-corrected chi connectivity index (χ3v) is 11.1. The number of carbonyl (C=O) groups excluding carboxylic acids is 2. The molecule has 0 radical (unpaired) electrons. The van der Waals surface area contributed by atoms with Gasteiger partial charge in [-0.05, 0) is 72.5 Å². The van der Waals surface area contributed by atoms with E-state index < -0.39 is 0 Å². The average Bonchev–Trinajstić information content (AvgIpc) is 3.19. The van der Waals surface area contributed by atoms with Crippen molar-refractivity contribution in [1.82, 2.24) is 0 Å². The summed E-state index contributed by atoms with van der Waals surface area (Å²) in [4.78, 5) is 24.5. The molecule has 160 valence electrons. The fourth-order valence-corrected chi connectivity index (χ4v) is 9.10. The van der Waals surface area contributed by atoms with Gasteiger partial charge in [-0.1, -0.05) is 46.3 Å². The van der Waals surface area contributed by atoms with Gasteiger partial charge in [-0.3, -0.25) is 9.59 Å². The fourth-order valence-electron chi connectivity index (χ4n) is 9.10. The normalized spacial score (nSPS) is 51.0. The summed E-state index contributed by atoms with van der Waals surface area (Å²) in [5.74, 6) is 2.56. The predicted molar refractivity (Wildman–Crippen MR) is 113 cm³/mol. The molecule has 0 N–H and O–H groups in total. The van der Waals surface area contributed by atoms with Crippen molar-refractivity contribution >= 4 is 11.8 Å². The molecule has 0 aromatic heterocycles. The SMILES string of the molecule is CC1(C)C(=O)CC[C@]2(C)[C@H]3CC[C@@]4(C)[C@@H]([C@H]5COC(=O)C5)CC[C@]4(C)C3=CC[C@@H]12. The highest BCUT2D eigenvalue weighted by Gasteiger charge is 2.65. The molecule has 4 aliphatic carbocycles. The minimum Gasteiger partial charge on any atom is -0.465 e. The van der Waals surface area contributed by atoms with Crippen LogP contribution in [0.15, 0.2) is 11.6 Å². The van der Waals surface area contributed by atoms with Crippen molar-refractivity contribution in [3.63, 3.8) is 0 Å². The van der Waals surface area contributed by atoms with E-state index in [1.165, 1.54) is 25.7 Å². The van der Waals surface area contributed by atoms with Crippen molar-refractivity contribution in [3.8, 4) is 0 Å². The average molecular weight is 399 g/mol. The number of esters is 1. The largest absolute Gasteiger partial charge is 0.465 e. The van der Waals surface area contributed by atoms with Gasteiger partial charge in [-0.2, -0.15) is 0 Å². The van der Waals surface area contributed by atoms with Gasteiger partial charge in [0.15, 0.2) is 0 Å². The molecule has 3 saturated carbocycles. The first-order chi connectivity index (χ1) is 13.5. The molecular formula is C26H38O3. The lowest BCUT2D eigenvalue weighted by molar-refractivity contribution is -0.146. The van der Waals surface area contributed by atoms with Gasteiger partial charge in [0.05, 0.1) is 13.0 Å². The Balaban J connectivity index is 1.52. The zero-order valence-corrected chi connectivity index (χ0v) is 19.0. The van der Waals surface area contributed by atoms with Crippen LogP contribution in [0.3, 0.4) is 0 Å². The number of ether oxygens (including phenoxy) is 1. The minimum atomic E-state index is -0.198. The highest BCUT2D eigenvalue weighted by molar-refractivity contribution is 5.85. The molecule has 3 heteroatoms. The fraction of sp³-hybridized carbons (Fsp3) is 0.846. The summed E-state index contributed by atoms with van der Waals surface area (Å²) in [7, 11) is 0. The van der Waals surface area contributed by atoms with Gasteiger partial charge in [0.1, 0.15) is 5.78 Å². The summed E-state index contributed by atoms with van der Waals surface area (Å²) < 4.78 is 5.38. The summed E-state index contributed by atoms with van der Waals surface area (Å²) in [5, 5.41) is 0. The van der Waals surface area contributed by atoms with Crippen LogP contribution in [0.2, 0.25) is 0 Å². The smallest absolute Gasteiger partial charge is 0.306 e. The lowest BCUT2D eigenvalue weighted by atomic mass is 9.41. The van der Waals surface area contributed by atoms with Gasteiger partial charge in [-0.25, -0.2) is 0 Å². The zero-order chi connectivity index (χ0) is 20.8. The number of hydrogen-bond acceptors (Lipinski definition) is 3. The first-order valence-electron chi connectivity index (χ1n) is 11.9. The van der Waals surface area contributed by atoms with E-state index in [0.717, 1.165) is 19.3 Å². The molecule has 0 aromatic carbocycles. The number of fused-ring (bicyclic) bond motifs is 5. The Morgan fingerprint density at radius 2 is 1.76 bits per heavy atom. The van der Waals surface area contributed by atoms with Gasteiger partial charge < -0.3 is 4.74 Å². The predicted octanol–water partition coefficient (Wildman–Crippen LogP) is 5.72. The first kappa shape index (κ1) is 19.8. The Morgan fingerprint density at radius 1 is 1.00 bits per heavy atom. The van der Waals surface area contributed by atoms with Crippen LogP contribution >= 0.6 is 0 Å². The van der Waals surface area contributed by atoms with Gasteiger partial charge in [0.25, 0.3) is 0 Å². The third kappa shape index (κ3) is 2.36. The molecule has 1 heterocycles. The maximum absolute atomic E-state index is 12.7. The molecule has 4 fully saturated rings. The van der Waals surface area contributed by atoms with Gasteiger partial charge in [0, 0.05) is 17.8 Å². The van der Waals surface area contributed by atoms with Crippen LogP contribution in [0.4, 0.5) is 0 Å². The molecule has 1 saturated heterocycles. The van der Waals surface area contributed by atoms with Crippen molar-refractivity contribution in [2.45, 2.75) is 86.0 Å². The van der Waals surface area contributed by atoms with Gasteiger partial charge >= 0.3 is 5.97 Å². The molecular weight excluding hydrogens is 360 g/mol. The molecule has 1 aliphatic heterocycles. The summed E-state index contributed by atoms with van der Waals surface area (Å²) in [5.41, 5.74) is 2.25. The van der Waals surface area contributed by atoms with E-state index in [0.29, 0.717) is 42.5 Å². The molecule has 5 aliphatic rings.